The van der Waals surface area contributed by atoms with Gasteiger partial charge in [-0.25, -0.2) is 4.39 Å². The SMILES string of the molecule is N#CC(C(=O)c1ccc(Br)cc1Cl)c1cccc(Cl)c1F. The van der Waals surface area contributed by atoms with E-state index < -0.39 is 17.5 Å². The van der Waals surface area contributed by atoms with Gasteiger partial charge in [-0.15, -0.1) is 0 Å². The highest BCUT2D eigenvalue weighted by Crippen LogP contribution is 2.30. The molecule has 2 nitrogen and oxygen atoms in total. The number of nitrogens with zero attached hydrogens (tertiary/aromatic N) is 1. The molecular formula is C15H7BrCl2FNO. The van der Waals surface area contributed by atoms with Crippen LogP contribution in [-0.2, 0) is 0 Å². The minimum absolute atomic E-state index is 0.0611. The number of carbonyl (C=O) groups is 1. The number of nitriles is 1. The molecule has 0 aliphatic heterocycles. The number of rotatable bonds is 3. The van der Waals surface area contributed by atoms with Gasteiger partial charge in [-0.05, 0) is 24.3 Å². The van der Waals surface area contributed by atoms with Crippen LogP contribution in [0.2, 0.25) is 10.0 Å². The molecule has 0 saturated carbocycles. The van der Waals surface area contributed by atoms with Crippen molar-refractivity contribution in [2.45, 2.75) is 5.92 Å². The van der Waals surface area contributed by atoms with E-state index in [0.717, 1.165) is 0 Å². The topological polar surface area (TPSA) is 40.9 Å². The predicted octanol–water partition coefficient (Wildman–Crippen LogP) is 5.39. The first-order valence-corrected chi connectivity index (χ1v) is 7.33. The third kappa shape index (κ3) is 3.26. The van der Waals surface area contributed by atoms with E-state index in [-0.39, 0.29) is 21.2 Å². The van der Waals surface area contributed by atoms with E-state index in [1.807, 2.05) is 6.07 Å². The summed E-state index contributed by atoms with van der Waals surface area (Å²) in [5, 5.41) is 9.29. The third-order valence-electron chi connectivity index (χ3n) is 2.88. The third-order valence-corrected chi connectivity index (χ3v) is 3.98. The molecule has 1 unspecified atom stereocenters. The lowest BCUT2D eigenvalue weighted by molar-refractivity contribution is 0.0977. The lowest BCUT2D eigenvalue weighted by Gasteiger charge is -2.11. The number of hydrogen-bond acceptors (Lipinski definition) is 2. The Morgan fingerprint density at radius 2 is 1.95 bits per heavy atom. The van der Waals surface area contributed by atoms with Gasteiger partial charge in [0.25, 0.3) is 0 Å². The molecule has 0 saturated heterocycles. The summed E-state index contributed by atoms with van der Waals surface area (Å²) in [5.74, 6) is -2.65. The van der Waals surface area contributed by atoms with Gasteiger partial charge in [0.05, 0.1) is 16.1 Å². The van der Waals surface area contributed by atoms with Gasteiger partial charge < -0.3 is 0 Å². The highest BCUT2D eigenvalue weighted by molar-refractivity contribution is 9.10. The number of ketones is 1. The fourth-order valence-electron chi connectivity index (χ4n) is 1.86. The molecule has 0 spiro atoms. The second kappa shape index (κ2) is 6.57. The van der Waals surface area contributed by atoms with Crippen molar-refractivity contribution in [3.8, 4) is 6.07 Å². The summed E-state index contributed by atoms with van der Waals surface area (Å²) in [7, 11) is 0. The second-order valence-electron chi connectivity index (χ2n) is 4.19. The van der Waals surface area contributed by atoms with Crippen molar-refractivity contribution in [1.82, 2.24) is 0 Å². The maximum Gasteiger partial charge on any atom is 0.186 e. The lowest BCUT2D eigenvalue weighted by atomic mass is 9.91. The van der Waals surface area contributed by atoms with E-state index in [9.17, 15) is 14.4 Å². The standard InChI is InChI=1S/C15H7BrCl2FNO/c16-8-4-5-10(13(18)6-8)15(21)11(7-20)9-2-1-3-12(17)14(9)19/h1-6,11H. The Labute approximate surface area is 139 Å². The van der Waals surface area contributed by atoms with Crippen LogP contribution in [0.25, 0.3) is 0 Å². The Morgan fingerprint density at radius 1 is 1.24 bits per heavy atom. The molecule has 0 amide bonds. The maximum absolute atomic E-state index is 14.0. The van der Waals surface area contributed by atoms with E-state index in [0.29, 0.717) is 4.47 Å². The molecule has 2 aromatic carbocycles. The Morgan fingerprint density at radius 3 is 2.57 bits per heavy atom. The summed E-state index contributed by atoms with van der Waals surface area (Å²) in [4.78, 5) is 12.4. The number of halogens is 4. The van der Waals surface area contributed by atoms with Crippen molar-refractivity contribution < 1.29 is 9.18 Å². The largest absolute Gasteiger partial charge is 0.292 e. The Hall–Kier alpha value is -1.41. The lowest BCUT2D eigenvalue weighted by Crippen LogP contribution is -2.13. The summed E-state index contributed by atoms with van der Waals surface area (Å²) in [6.45, 7) is 0. The minimum atomic E-state index is -1.30. The van der Waals surface area contributed by atoms with E-state index >= 15 is 0 Å². The molecule has 0 aliphatic rings. The fourth-order valence-corrected chi connectivity index (χ4v) is 2.81. The number of Topliss-reactive ketones (excluding diaryl/α,β-unsaturated/α-hetero) is 1. The van der Waals surface area contributed by atoms with E-state index in [4.69, 9.17) is 23.2 Å². The van der Waals surface area contributed by atoms with Crippen LogP contribution in [0.5, 0.6) is 0 Å². The molecule has 0 heterocycles. The molecule has 0 aliphatic carbocycles. The normalized spacial score (nSPS) is 11.8. The highest BCUT2D eigenvalue weighted by Gasteiger charge is 2.27. The zero-order valence-corrected chi connectivity index (χ0v) is 13.5. The number of benzene rings is 2. The van der Waals surface area contributed by atoms with Crippen LogP contribution < -0.4 is 0 Å². The van der Waals surface area contributed by atoms with Crippen molar-refractivity contribution in [2.24, 2.45) is 0 Å². The molecule has 0 fully saturated rings. The smallest absolute Gasteiger partial charge is 0.186 e. The van der Waals surface area contributed by atoms with Gasteiger partial charge in [-0.1, -0.05) is 51.3 Å². The first-order valence-electron chi connectivity index (χ1n) is 5.78. The van der Waals surface area contributed by atoms with Gasteiger partial charge in [0.15, 0.2) is 5.78 Å². The molecule has 106 valence electrons. The van der Waals surface area contributed by atoms with E-state index in [2.05, 4.69) is 15.9 Å². The molecule has 1 atom stereocenters. The molecule has 0 N–H and O–H groups in total. The predicted molar refractivity (Wildman–Crippen MR) is 83.2 cm³/mol. The Bertz CT molecular complexity index is 758. The molecular weight excluding hydrogens is 380 g/mol. The maximum atomic E-state index is 14.0. The summed E-state index contributed by atoms with van der Waals surface area (Å²) in [6, 6.07) is 10.7. The van der Waals surface area contributed by atoms with Gasteiger partial charge in [0, 0.05) is 15.6 Å². The van der Waals surface area contributed by atoms with Crippen molar-refractivity contribution >= 4 is 44.9 Å². The van der Waals surface area contributed by atoms with Crippen molar-refractivity contribution in [1.29, 1.82) is 5.26 Å². The molecule has 0 bridgehead atoms. The minimum Gasteiger partial charge on any atom is -0.292 e. The van der Waals surface area contributed by atoms with E-state index in [1.165, 1.54) is 30.3 Å². The van der Waals surface area contributed by atoms with E-state index in [1.54, 1.807) is 6.07 Å². The first-order chi connectivity index (χ1) is 9.95. The van der Waals surface area contributed by atoms with Gasteiger partial charge in [0.1, 0.15) is 11.7 Å². The van der Waals surface area contributed by atoms with Gasteiger partial charge >= 0.3 is 0 Å². The van der Waals surface area contributed by atoms with Crippen molar-refractivity contribution in [3.63, 3.8) is 0 Å². The fraction of sp³-hybridized carbons (Fsp3) is 0.0667. The molecule has 2 aromatic rings. The molecule has 2 rings (SSSR count). The summed E-state index contributed by atoms with van der Waals surface area (Å²) in [6.07, 6.45) is 0. The molecule has 0 aromatic heterocycles. The number of hydrogen-bond donors (Lipinski definition) is 0. The van der Waals surface area contributed by atoms with Crippen LogP contribution in [-0.4, -0.2) is 5.78 Å². The quantitative estimate of drug-likeness (QED) is 0.664. The first kappa shape index (κ1) is 16.0. The van der Waals surface area contributed by atoms with Crippen LogP contribution in [0.15, 0.2) is 40.9 Å². The second-order valence-corrected chi connectivity index (χ2v) is 5.92. The zero-order valence-electron chi connectivity index (χ0n) is 10.4. The number of carbonyl (C=O) groups excluding carboxylic acids is 1. The zero-order chi connectivity index (χ0) is 15.6. The monoisotopic (exact) mass is 385 g/mol. The van der Waals surface area contributed by atoms with Gasteiger partial charge in [0.2, 0.25) is 0 Å². The summed E-state index contributed by atoms with van der Waals surface area (Å²) >= 11 is 14.9. The van der Waals surface area contributed by atoms with Crippen LogP contribution in [0.4, 0.5) is 4.39 Å². The van der Waals surface area contributed by atoms with Crippen LogP contribution in [0.3, 0.4) is 0 Å². The summed E-state index contributed by atoms with van der Waals surface area (Å²) < 4.78 is 14.7. The van der Waals surface area contributed by atoms with Crippen LogP contribution in [0, 0.1) is 17.1 Å². The highest BCUT2D eigenvalue weighted by atomic mass is 79.9. The molecule has 6 heteroatoms. The average Bonchev–Trinajstić information content (AvgIpc) is 2.44. The molecule has 0 radical (unpaired) electrons. The Balaban J connectivity index is 2.49. The molecule has 21 heavy (non-hydrogen) atoms. The van der Waals surface area contributed by atoms with Crippen molar-refractivity contribution in [2.75, 3.05) is 0 Å². The average molecular weight is 387 g/mol. The van der Waals surface area contributed by atoms with Gasteiger partial charge in [-0.3, -0.25) is 4.79 Å². The Kier molecular flexibility index (Phi) is 5.00. The van der Waals surface area contributed by atoms with Crippen LogP contribution >= 0.6 is 39.1 Å². The van der Waals surface area contributed by atoms with Crippen LogP contribution in [0.1, 0.15) is 21.8 Å². The summed E-state index contributed by atoms with van der Waals surface area (Å²) in [5.41, 5.74) is 0.0970. The van der Waals surface area contributed by atoms with Crippen molar-refractivity contribution in [3.05, 3.63) is 67.9 Å². The van der Waals surface area contributed by atoms with Gasteiger partial charge in [-0.2, -0.15) is 5.26 Å².